The molecule has 21 heavy (non-hydrogen) atoms. The summed E-state index contributed by atoms with van der Waals surface area (Å²) in [5.41, 5.74) is 6.45. The van der Waals surface area contributed by atoms with Crippen LogP contribution in [0.15, 0.2) is 36.5 Å². The number of aromatic nitrogens is 3. The van der Waals surface area contributed by atoms with Crippen LogP contribution in [0.1, 0.15) is 17.3 Å². The van der Waals surface area contributed by atoms with E-state index in [4.69, 9.17) is 5.73 Å². The zero-order valence-corrected chi connectivity index (χ0v) is 11.1. The van der Waals surface area contributed by atoms with Gasteiger partial charge >= 0.3 is 5.97 Å². The molecule has 8 heteroatoms. The van der Waals surface area contributed by atoms with E-state index in [9.17, 15) is 14.7 Å². The Morgan fingerprint density at radius 1 is 1.33 bits per heavy atom. The molecule has 0 bridgehead atoms. The van der Waals surface area contributed by atoms with E-state index in [1.54, 1.807) is 30.3 Å². The largest absolute Gasteiger partial charge is 0.479 e. The van der Waals surface area contributed by atoms with Gasteiger partial charge in [0.15, 0.2) is 6.04 Å². The molecule has 1 heterocycles. The minimum absolute atomic E-state index is 0.121. The first-order chi connectivity index (χ1) is 10.1. The molecule has 0 aliphatic heterocycles. The van der Waals surface area contributed by atoms with Crippen LogP contribution in [0.3, 0.4) is 0 Å². The van der Waals surface area contributed by atoms with E-state index in [1.807, 2.05) is 0 Å². The van der Waals surface area contributed by atoms with Gasteiger partial charge in [-0.2, -0.15) is 0 Å². The summed E-state index contributed by atoms with van der Waals surface area (Å²) in [6.07, 6.45) is 1.54. The van der Waals surface area contributed by atoms with Gasteiger partial charge in [0, 0.05) is 6.54 Å². The summed E-state index contributed by atoms with van der Waals surface area (Å²) in [4.78, 5) is 23.2. The highest BCUT2D eigenvalue weighted by Gasteiger charge is 2.21. The van der Waals surface area contributed by atoms with Crippen LogP contribution in [-0.4, -0.2) is 32.0 Å². The summed E-state index contributed by atoms with van der Waals surface area (Å²) in [5.74, 6) is -1.60. The number of benzene rings is 1. The lowest BCUT2D eigenvalue weighted by Crippen LogP contribution is -2.36. The molecular weight excluding hydrogens is 274 g/mol. The minimum atomic E-state index is -1.13. The lowest BCUT2D eigenvalue weighted by Gasteiger charge is -2.14. The predicted molar refractivity (Wildman–Crippen MR) is 72.9 cm³/mol. The fraction of sp³-hybridized carbons (Fsp3) is 0.231. The Morgan fingerprint density at radius 3 is 2.62 bits per heavy atom. The Bertz CT molecular complexity index is 626. The minimum Gasteiger partial charge on any atom is -0.479 e. The Labute approximate surface area is 120 Å². The number of aliphatic carboxylic acids is 1. The molecule has 4 N–H and O–H groups in total. The van der Waals surface area contributed by atoms with Crippen LogP contribution in [0.5, 0.6) is 0 Å². The molecular formula is C13H15N5O3. The van der Waals surface area contributed by atoms with Crippen LogP contribution in [0.25, 0.3) is 0 Å². The van der Waals surface area contributed by atoms with Crippen molar-refractivity contribution in [2.45, 2.75) is 19.1 Å². The summed E-state index contributed by atoms with van der Waals surface area (Å²) in [5, 5.41) is 19.2. The van der Waals surface area contributed by atoms with Gasteiger partial charge in [0.1, 0.15) is 6.54 Å². The normalized spacial score (nSPS) is 11.9. The van der Waals surface area contributed by atoms with E-state index in [2.05, 4.69) is 15.6 Å². The van der Waals surface area contributed by atoms with E-state index in [-0.39, 0.29) is 13.1 Å². The van der Waals surface area contributed by atoms with E-state index in [0.29, 0.717) is 11.3 Å². The van der Waals surface area contributed by atoms with Gasteiger partial charge in [0.25, 0.3) is 0 Å². The van der Waals surface area contributed by atoms with Crippen molar-refractivity contribution in [1.82, 2.24) is 20.3 Å². The monoisotopic (exact) mass is 289 g/mol. The molecule has 0 radical (unpaired) electrons. The Hall–Kier alpha value is -2.74. The molecule has 2 aromatic rings. The van der Waals surface area contributed by atoms with Crippen LogP contribution in [0.4, 0.5) is 0 Å². The quantitative estimate of drug-likeness (QED) is 0.669. The number of rotatable bonds is 6. The first kappa shape index (κ1) is 14.7. The number of carboxylic acid groups (broad SMARTS) is 1. The molecule has 1 amide bonds. The number of carbonyl (C=O) groups is 2. The van der Waals surface area contributed by atoms with Crippen LogP contribution in [-0.2, 0) is 22.7 Å². The number of amides is 1. The van der Waals surface area contributed by atoms with Crippen molar-refractivity contribution in [3.05, 3.63) is 47.8 Å². The van der Waals surface area contributed by atoms with Crippen LogP contribution >= 0.6 is 0 Å². The molecule has 2 rings (SSSR count). The van der Waals surface area contributed by atoms with Crippen molar-refractivity contribution in [3.63, 3.8) is 0 Å². The fourth-order valence-corrected chi connectivity index (χ4v) is 1.80. The molecule has 0 saturated carbocycles. The molecule has 0 spiro atoms. The zero-order valence-electron chi connectivity index (χ0n) is 11.1. The van der Waals surface area contributed by atoms with E-state index >= 15 is 0 Å². The second-order valence-corrected chi connectivity index (χ2v) is 4.36. The number of carboxylic acids is 1. The van der Waals surface area contributed by atoms with Gasteiger partial charge in [-0.25, -0.2) is 9.48 Å². The highest BCUT2D eigenvalue weighted by atomic mass is 16.4. The van der Waals surface area contributed by atoms with Crippen molar-refractivity contribution >= 4 is 11.9 Å². The maximum atomic E-state index is 11.9. The average molecular weight is 289 g/mol. The third kappa shape index (κ3) is 3.86. The standard InChI is InChI=1S/C13H15N5O3/c14-6-10-7-18(17-16-10)8-11(19)15-12(13(20)21)9-4-2-1-3-5-9/h1-5,7,12H,6,8,14H2,(H,15,19)(H,20,21)/t12-/m1/s1. The Morgan fingerprint density at radius 2 is 2.05 bits per heavy atom. The van der Waals surface area contributed by atoms with E-state index in [1.165, 1.54) is 10.9 Å². The van der Waals surface area contributed by atoms with Crippen molar-refractivity contribution in [2.75, 3.05) is 0 Å². The number of carbonyl (C=O) groups excluding carboxylic acids is 1. The summed E-state index contributed by atoms with van der Waals surface area (Å²) in [6.45, 7) is 0.104. The maximum absolute atomic E-state index is 11.9. The van der Waals surface area contributed by atoms with Gasteiger partial charge in [-0.3, -0.25) is 4.79 Å². The highest BCUT2D eigenvalue weighted by molar-refractivity contribution is 5.84. The van der Waals surface area contributed by atoms with Gasteiger partial charge in [0.05, 0.1) is 11.9 Å². The first-order valence-electron chi connectivity index (χ1n) is 6.26. The molecule has 0 saturated heterocycles. The number of nitrogens with zero attached hydrogens (tertiary/aromatic N) is 3. The lowest BCUT2D eigenvalue weighted by molar-refractivity contribution is -0.142. The number of hydrogen-bond donors (Lipinski definition) is 3. The van der Waals surface area contributed by atoms with Gasteiger partial charge in [-0.15, -0.1) is 5.10 Å². The maximum Gasteiger partial charge on any atom is 0.330 e. The second kappa shape index (κ2) is 6.62. The predicted octanol–water partition coefficient (Wildman–Crippen LogP) is -0.321. The van der Waals surface area contributed by atoms with Crippen LogP contribution < -0.4 is 11.1 Å². The lowest BCUT2D eigenvalue weighted by atomic mass is 10.1. The molecule has 0 unspecified atom stereocenters. The zero-order chi connectivity index (χ0) is 15.2. The third-order valence-electron chi connectivity index (χ3n) is 2.79. The van der Waals surface area contributed by atoms with Crippen LogP contribution in [0, 0.1) is 0 Å². The fourth-order valence-electron chi connectivity index (χ4n) is 1.80. The summed E-state index contributed by atoms with van der Waals surface area (Å²) in [7, 11) is 0. The smallest absolute Gasteiger partial charge is 0.330 e. The molecule has 1 aromatic heterocycles. The van der Waals surface area contributed by atoms with Crippen LogP contribution in [0.2, 0.25) is 0 Å². The molecule has 1 aromatic carbocycles. The second-order valence-electron chi connectivity index (χ2n) is 4.36. The van der Waals surface area contributed by atoms with Gasteiger partial charge < -0.3 is 16.2 Å². The Balaban J connectivity index is 2.03. The number of nitrogens with two attached hydrogens (primary N) is 1. The number of hydrogen-bond acceptors (Lipinski definition) is 5. The van der Waals surface area contributed by atoms with Gasteiger partial charge in [-0.1, -0.05) is 35.5 Å². The van der Waals surface area contributed by atoms with Crippen molar-refractivity contribution in [2.24, 2.45) is 5.73 Å². The molecule has 8 nitrogen and oxygen atoms in total. The number of nitrogens with one attached hydrogen (secondary N) is 1. The highest BCUT2D eigenvalue weighted by Crippen LogP contribution is 2.12. The molecule has 1 atom stereocenters. The van der Waals surface area contributed by atoms with Crippen molar-refractivity contribution in [1.29, 1.82) is 0 Å². The van der Waals surface area contributed by atoms with Crippen molar-refractivity contribution < 1.29 is 14.7 Å². The van der Waals surface area contributed by atoms with Gasteiger partial charge in [-0.05, 0) is 5.56 Å². The molecule has 0 aliphatic rings. The van der Waals surface area contributed by atoms with Crippen molar-refractivity contribution in [3.8, 4) is 0 Å². The summed E-state index contributed by atoms with van der Waals surface area (Å²) < 4.78 is 1.31. The van der Waals surface area contributed by atoms with E-state index < -0.39 is 17.9 Å². The Kier molecular flexibility index (Phi) is 4.62. The molecule has 110 valence electrons. The van der Waals surface area contributed by atoms with Gasteiger partial charge in [0.2, 0.25) is 5.91 Å². The first-order valence-corrected chi connectivity index (χ1v) is 6.26. The topological polar surface area (TPSA) is 123 Å². The molecule has 0 aliphatic carbocycles. The summed E-state index contributed by atoms with van der Waals surface area (Å²) >= 11 is 0. The average Bonchev–Trinajstić information content (AvgIpc) is 2.93. The molecule has 0 fully saturated rings. The van der Waals surface area contributed by atoms with E-state index in [0.717, 1.165) is 0 Å². The third-order valence-corrected chi connectivity index (χ3v) is 2.79. The summed E-state index contributed by atoms with van der Waals surface area (Å²) in [6, 6.07) is 7.37. The SMILES string of the molecule is NCc1cn(CC(=O)N[C@@H](C(=O)O)c2ccccc2)nn1.